The first kappa shape index (κ1) is 23.1. The van der Waals surface area contributed by atoms with Gasteiger partial charge in [-0.2, -0.15) is 0 Å². The summed E-state index contributed by atoms with van der Waals surface area (Å²) in [6, 6.07) is 13.0. The van der Waals surface area contributed by atoms with Crippen molar-refractivity contribution in [3.8, 4) is 5.75 Å². The molecule has 0 radical (unpaired) electrons. The standard InChI is InChI=1S/C25H31N3O5/c1-3-32-23-10-9-17(15-19(23)24(30)33-4-2)22(29)16-27-13-11-18(12-14-27)28-21-8-6-5-7-20(21)26-25(28)31/h5-10,15,18,22,29H,3-4,11-14,16H2,1-2H3,(H,26,31). The third-order valence-electron chi connectivity index (χ3n) is 6.16. The molecule has 1 saturated heterocycles. The summed E-state index contributed by atoms with van der Waals surface area (Å²) in [5.41, 5.74) is 2.69. The lowest BCUT2D eigenvalue weighted by atomic mass is 10.0. The van der Waals surface area contributed by atoms with E-state index in [1.54, 1.807) is 25.1 Å². The van der Waals surface area contributed by atoms with Crippen molar-refractivity contribution in [3.63, 3.8) is 0 Å². The van der Waals surface area contributed by atoms with Crippen LogP contribution in [0.25, 0.3) is 11.0 Å². The number of aliphatic hydroxyl groups excluding tert-OH is 1. The van der Waals surface area contributed by atoms with Gasteiger partial charge in [-0.05, 0) is 56.5 Å². The van der Waals surface area contributed by atoms with Crippen molar-refractivity contribution in [2.75, 3.05) is 32.8 Å². The highest BCUT2D eigenvalue weighted by molar-refractivity contribution is 5.92. The summed E-state index contributed by atoms with van der Waals surface area (Å²) >= 11 is 0. The first-order valence-corrected chi connectivity index (χ1v) is 11.5. The van der Waals surface area contributed by atoms with Crippen molar-refractivity contribution in [2.45, 2.75) is 38.8 Å². The summed E-state index contributed by atoms with van der Waals surface area (Å²) in [6.07, 6.45) is 0.902. The smallest absolute Gasteiger partial charge is 0.341 e. The number of ether oxygens (including phenoxy) is 2. The van der Waals surface area contributed by atoms with Gasteiger partial charge in [0, 0.05) is 25.7 Å². The van der Waals surface area contributed by atoms with Gasteiger partial charge in [-0.25, -0.2) is 9.59 Å². The number of carbonyl (C=O) groups excluding carboxylic acids is 1. The van der Waals surface area contributed by atoms with Gasteiger partial charge in [-0.3, -0.25) is 4.57 Å². The van der Waals surface area contributed by atoms with Crippen LogP contribution in [0.2, 0.25) is 0 Å². The maximum absolute atomic E-state index is 12.5. The van der Waals surface area contributed by atoms with E-state index in [1.165, 1.54) is 0 Å². The van der Waals surface area contributed by atoms with Crippen LogP contribution in [0.3, 0.4) is 0 Å². The van der Waals surface area contributed by atoms with E-state index in [0.29, 0.717) is 30.0 Å². The van der Waals surface area contributed by atoms with Crippen molar-refractivity contribution in [2.24, 2.45) is 0 Å². The number of likely N-dealkylation sites (tertiary alicyclic amines) is 1. The molecule has 0 aliphatic carbocycles. The molecule has 8 nitrogen and oxygen atoms in total. The number of rotatable bonds is 8. The number of para-hydroxylation sites is 2. The number of H-pyrrole nitrogens is 1. The van der Waals surface area contributed by atoms with E-state index in [1.807, 2.05) is 35.8 Å². The molecule has 1 aromatic heterocycles. The summed E-state index contributed by atoms with van der Waals surface area (Å²) in [4.78, 5) is 30.0. The maximum atomic E-state index is 12.5. The Morgan fingerprint density at radius 2 is 1.91 bits per heavy atom. The highest BCUT2D eigenvalue weighted by Crippen LogP contribution is 2.28. The Labute approximate surface area is 192 Å². The molecule has 1 fully saturated rings. The van der Waals surface area contributed by atoms with Gasteiger partial charge >= 0.3 is 11.7 Å². The number of hydrogen-bond donors (Lipinski definition) is 2. The number of nitrogens with zero attached hydrogens (tertiary/aromatic N) is 2. The second kappa shape index (κ2) is 10.2. The number of hydrogen-bond acceptors (Lipinski definition) is 6. The van der Waals surface area contributed by atoms with Crippen LogP contribution in [-0.4, -0.2) is 58.4 Å². The quantitative estimate of drug-likeness (QED) is 0.508. The van der Waals surface area contributed by atoms with Crippen LogP contribution in [0.4, 0.5) is 0 Å². The monoisotopic (exact) mass is 453 g/mol. The van der Waals surface area contributed by atoms with Gasteiger partial charge in [0.05, 0.1) is 30.4 Å². The van der Waals surface area contributed by atoms with E-state index in [4.69, 9.17) is 9.47 Å². The number of aromatic amines is 1. The molecule has 2 N–H and O–H groups in total. The number of aromatic nitrogens is 2. The highest BCUT2D eigenvalue weighted by atomic mass is 16.5. The fraction of sp³-hybridized carbons (Fsp3) is 0.440. The van der Waals surface area contributed by atoms with Crippen LogP contribution in [0.5, 0.6) is 5.75 Å². The molecule has 0 saturated carbocycles. The van der Waals surface area contributed by atoms with Gasteiger partial charge in [0.25, 0.3) is 0 Å². The van der Waals surface area contributed by atoms with Crippen molar-refractivity contribution < 1.29 is 19.4 Å². The summed E-state index contributed by atoms with van der Waals surface area (Å²) in [5.74, 6) is -0.00290. The number of β-amino-alcohol motifs (C(OH)–C–C–N with tert-alkyl or cyclic N) is 1. The van der Waals surface area contributed by atoms with E-state index >= 15 is 0 Å². The molecule has 1 aliphatic rings. The molecule has 4 rings (SSSR count). The predicted molar refractivity (Wildman–Crippen MR) is 126 cm³/mol. The fourth-order valence-electron chi connectivity index (χ4n) is 4.55. The van der Waals surface area contributed by atoms with Gasteiger partial charge in [0.2, 0.25) is 0 Å². The van der Waals surface area contributed by atoms with Crippen LogP contribution >= 0.6 is 0 Å². The van der Waals surface area contributed by atoms with Crippen LogP contribution in [0.1, 0.15) is 54.8 Å². The number of esters is 1. The predicted octanol–water partition coefficient (Wildman–Crippen LogP) is 3.28. The lowest BCUT2D eigenvalue weighted by Crippen LogP contribution is -2.39. The highest BCUT2D eigenvalue weighted by Gasteiger charge is 2.25. The number of imidazole rings is 1. The molecule has 1 aliphatic heterocycles. The Kier molecular flexibility index (Phi) is 7.15. The van der Waals surface area contributed by atoms with Gasteiger partial charge < -0.3 is 24.5 Å². The second-order valence-electron chi connectivity index (χ2n) is 8.27. The average Bonchev–Trinajstić information content (AvgIpc) is 3.16. The number of fused-ring (bicyclic) bond motifs is 1. The summed E-state index contributed by atoms with van der Waals surface area (Å²) in [6.45, 7) is 6.31. The molecule has 8 heteroatoms. The first-order chi connectivity index (χ1) is 16.0. The van der Waals surface area contributed by atoms with Crippen molar-refractivity contribution in [1.29, 1.82) is 0 Å². The van der Waals surface area contributed by atoms with Crippen LogP contribution < -0.4 is 10.4 Å². The Bertz CT molecular complexity index is 1160. The molecule has 3 aromatic rings. The average molecular weight is 454 g/mol. The van der Waals surface area contributed by atoms with Gasteiger partial charge in [-0.1, -0.05) is 18.2 Å². The van der Waals surface area contributed by atoms with Gasteiger partial charge in [0.1, 0.15) is 11.3 Å². The minimum absolute atomic E-state index is 0.0735. The number of piperidine rings is 1. The Balaban J connectivity index is 1.42. The SMILES string of the molecule is CCOC(=O)c1cc(C(O)CN2CCC(n3c(=O)[nH]c4ccccc43)CC2)ccc1OCC. The lowest BCUT2D eigenvalue weighted by Gasteiger charge is -2.33. The third kappa shape index (κ3) is 4.96. The van der Waals surface area contributed by atoms with Gasteiger partial charge in [-0.15, -0.1) is 0 Å². The number of benzene rings is 2. The lowest BCUT2D eigenvalue weighted by molar-refractivity contribution is 0.0521. The molecule has 1 unspecified atom stereocenters. The van der Waals surface area contributed by atoms with E-state index in [-0.39, 0.29) is 18.3 Å². The molecular weight excluding hydrogens is 422 g/mol. The molecule has 0 bridgehead atoms. The Morgan fingerprint density at radius 1 is 1.15 bits per heavy atom. The zero-order valence-corrected chi connectivity index (χ0v) is 19.1. The molecule has 2 heterocycles. The van der Waals surface area contributed by atoms with E-state index in [9.17, 15) is 14.7 Å². The molecule has 0 amide bonds. The van der Waals surface area contributed by atoms with E-state index < -0.39 is 12.1 Å². The zero-order valence-electron chi connectivity index (χ0n) is 19.1. The van der Waals surface area contributed by atoms with Crippen LogP contribution in [-0.2, 0) is 4.74 Å². The van der Waals surface area contributed by atoms with E-state index in [0.717, 1.165) is 37.0 Å². The molecule has 2 aromatic carbocycles. The minimum Gasteiger partial charge on any atom is -0.493 e. The second-order valence-corrected chi connectivity index (χ2v) is 8.27. The van der Waals surface area contributed by atoms with Crippen LogP contribution in [0, 0.1) is 0 Å². The summed E-state index contributed by atoms with van der Waals surface area (Å²) < 4.78 is 12.6. The minimum atomic E-state index is -0.749. The molecule has 33 heavy (non-hydrogen) atoms. The van der Waals surface area contributed by atoms with Crippen LogP contribution in [0.15, 0.2) is 47.3 Å². The fourth-order valence-corrected chi connectivity index (χ4v) is 4.55. The topological polar surface area (TPSA) is 96.8 Å². The number of carbonyl (C=O) groups is 1. The molecule has 1 atom stereocenters. The van der Waals surface area contributed by atoms with E-state index in [2.05, 4.69) is 9.88 Å². The Hall–Kier alpha value is -3.10. The van der Waals surface area contributed by atoms with Crippen molar-refractivity contribution in [1.82, 2.24) is 14.5 Å². The third-order valence-corrected chi connectivity index (χ3v) is 6.16. The first-order valence-electron chi connectivity index (χ1n) is 11.5. The normalized spacial score (nSPS) is 16.1. The summed E-state index contributed by atoms with van der Waals surface area (Å²) in [5, 5.41) is 10.9. The molecule has 176 valence electrons. The maximum Gasteiger partial charge on any atom is 0.341 e. The van der Waals surface area contributed by atoms with Gasteiger partial charge in [0.15, 0.2) is 0 Å². The Morgan fingerprint density at radius 3 is 2.64 bits per heavy atom. The van der Waals surface area contributed by atoms with Crippen molar-refractivity contribution >= 4 is 17.0 Å². The molecule has 0 spiro atoms. The number of nitrogens with one attached hydrogen (secondary N) is 1. The number of aliphatic hydroxyl groups is 1. The summed E-state index contributed by atoms with van der Waals surface area (Å²) in [7, 11) is 0. The largest absolute Gasteiger partial charge is 0.493 e. The van der Waals surface area contributed by atoms with Crippen molar-refractivity contribution in [3.05, 3.63) is 64.1 Å². The zero-order chi connectivity index (χ0) is 23.4. The molecular formula is C25H31N3O5.